The lowest BCUT2D eigenvalue weighted by atomic mass is 10.1. The normalized spacial score (nSPS) is 27.8. The Morgan fingerprint density at radius 2 is 2.22 bits per heavy atom. The number of esters is 1. The number of amides is 1. The largest absolute Gasteiger partial charge is 0.508 e. The van der Waals surface area contributed by atoms with Crippen LogP contribution in [-0.2, 0) is 23.8 Å². The van der Waals surface area contributed by atoms with E-state index in [1.807, 2.05) is 0 Å². The molecular weight excluding hydrogens is 242 g/mol. The third-order valence-corrected chi connectivity index (χ3v) is 2.83. The molecule has 0 aromatic heterocycles. The third-order valence-electron chi connectivity index (χ3n) is 2.83. The summed E-state index contributed by atoms with van der Waals surface area (Å²) in [5, 5.41) is 2.61. The summed E-state index contributed by atoms with van der Waals surface area (Å²) in [4.78, 5) is 33.7. The number of cyclic esters (lactones) is 2. The van der Waals surface area contributed by atoms with Gasteiger partial charge in [-0.25, -0.2) is 9.59 Å². The summed E-state index contributed by atoms with van der Waals surface area (Å²) >= 11 is 0. The van der Waals surface area contributed by atoms with Crippen LogP contribution in [0.3, 0.4) is 0 Å². The number of rotatable bonds is 3. The molecular formula is C11H15NO6. The average molecular weight is 257 g/mol. The van der Waals surface area contributed by atoms with Crippen molar-refractivity contribution in [3.05, 3.63) is 0 Å². The standard InChI is InChI=1S/C11H15NO6/c13-9-4-2-1-3-8(12-9)10(14)16-5-7-6-17-11(15)18-7/h7-8H,1-6H2,(H,12,13). The zero-order valence-corrected chi connectivity index (χ0v) is 9.85. The van der Waals surface area contributed by atoms with Crippen LogP contribution in [0.4, 0.5) is 4.79 Å². The SMILES string of the molecule is O=C1CCCCC(C(=O)OCC2COC(=O)O2)N1. The summed E-state index contributed by atoms with van der Waals surface area (Å²) in [6.45, 7) is 0.0417. The predicted molar refractivity (Wildman–Crippen MR) is 57.6 cm³/mol. The molecule has 2 saturated heterocycles. The Balaban J connectivity index is 1.76. The molecule has 2 unspecified atom stereocenters. The monoisotopic (exact) mass is 257 g/mol. The van der Waals surface area contributed by atoms with Gasteiger partial charge in [0.25, 0.3) is 0 Å². The molecule has 1 N–H and O–H groups in total. The zero-order chi connectivity index (χ0) is 13.0. The van der Waals surface area contributed by atoms with E-state index in [2.05, 4.69) is 10.1 Å². The smallest absolute Gasteiger partial charge is 0.460 e. The van der Waals surface area contributed by atoms with Gasteiger partial charge in [-0.15, -0.1) is 0 Å². The van der Waals surface area contributed by atoms with Crippen LogP contribution in [0.5, 0.6) is 0 Å². The highest BCUT2D eigenvalue weighted by molar-refractivity contribution is 5.84. The summed E-state index contributed by atoms with van der Waals surface area (Å²) in [6.07, 6.45) is 1.30. The summed E-state index contributed by atoms with van der Waals surface area (Å²) in [5.74, 6) is -0.627. The van der Waals surface area contributed by atoms with E-state index in [0.29, 0.717) is 12.8 Å². The van der Waals surface area contributed by atoms with Crippen molar-refractivity contribution in [1.82, 2.24) is 5.32 Å². The summed E-state index contributed by atoms with van der Waals surface area (Å²) in [6, 6.07) is -0.599. The van der Waals surface area contributed by atoms with Gasteiger partial charge in [-0.2, -0.15) is 0 Å². The van der Waals surface area contributed by atoms with Crippen molar-refractivity contribution in [3.8, 4) is 0 Å². The van der Waals surface area contributed by atoms with Gasteiger partial charge in [0.15, 0.2) is 6.10 Å². The van der Waals surface area contributed by atoms with Crippen molar-refractivity contribution in [2.45, 2.75) is 37.8 Å². The predicted octanol–water partition coefficient (Wildman–Crippen LogP) is 0.124. The number of carbonyl (C=O) groups excluding carboxylic acids is 3. The number of carbonyl (C=O) groups is 3. The van der Waals surface area contributed by atoms with Gasteiger partial charge in [0.05, 0.1) is 0 Å². The molecule has 2 atom stereocenters. The van der Waals surface area contributed by atoms with Gasteiger partial charge in [0, 0.05) is 6.42 Å². The summed E-state index contributed by atoms with van der Waals surface area (Å²) < 4.78 is 14.3. The Labute approximate surface area is 104 Å². The summed E-state index contributed by atoms with van der Waals surface area (Å²) in [5.41, 5.74) is 0. The van der Waals surface area contributed by atoms with Crippen LogP contribution < -0.4 is 5.32 Å². The van der Waals surface area contributed by atoms with E-state index in [4.69, 9.17) is 9.47 Å². The first-order chi connectivity index (χ1) is 8.65. The molecule has 7 nitrogen and oxygen atoms in total. The Kier molecular flexibility index (Phi) is 4.01. The van der Waals surface area contributed by atoms with E-state index in [1.54, 1.807) is 0 Å². The number of ether oxygens (including phenoxy) is 3. The fraction of sp³-hybridized carbons (Fsp3) is 0.727. The fourth-order valence-corrected chi connectivity index (χ4v) is 1.87. The lowest BCUT2D eigenvalue weighted by Gasteiger charge is -2.15. The quantitative estimate of drug-likeness (QED) is 0.722. The fourth-order valence-electron chi connectivity index (χ4n) is 1.87. The van der Waals surface area contributed by atoms with E-state index in [1.165, 1.54) is 0 Å². The van der Waals surface area contributed by atoms with Gasteiger partial charge in [-0.1, -0.05) is 6.42 Å². The van der Waals surface area contributed by atoms with Crippen molar-refractivity contribution >= 4 is 18.0 Å². The lowest BCUT2D eigenvalue weighted by molar-refractivity contribution is -0.150. The van der Waals surface area contributed by atoms with Gasteiger partial charge in [-0.3, -0.25) is 4.79 Å². The maximum absolute atomic E-state index is 11.7. The van der Waals surface area contributed by atoms with Crippen LogP contribution >= 0.6 is 0 Å². The van der Waals surface area contributed by atoms with Crippen LogP contribution in [0.1, 0.15) is 25.7 Å². The van der Waals surface area contributed by atoms with E-state index >= 15 is 0 Å². The Morgan fingerprint density at radius 1 is 1.39 bits per heavy atom. The number of hydrogen-bond donors (Lipinski definition) is 1. The van der Waals surface area contributed by atoms with Crippen LogP contribution in [-0.4, -0.2) is 43.4 Å². The second-order valence-electron chi connectivity index (χ2n) is 4.30. The van der Waals surface area contributed by atoms with Crippen molar-refractivity contribution < 1.29 is 28.6 Å². The molecule has 0 saturated carbocycles. The highest BCUT2D eigenvalue weighted by Crippen LogP contribution is 2.12. The minimum absolute atomic E-state index is 0.0447. The molecule has 100 valence electrons. The van der Waals surface area contributed by atoms with Gasteiger partial charge < -0.3 is 19.5 Å². The average Bonchev–Trinajstić information content (AvgIpc) is 2.63. The Bertz CT molecular complexity index is 355. The molecule has 0 aromatic rings. The van der Waals surface area contributed by atoms with E-state index in [9.17, 15) is 14.4 Å². The van der Waals surface area contributed by atoms with Crippen molar-refractivity contribution in [3.63, 3.8) is 0 Å². The molecule has 2 fully saturated rings. The van der Waals surface area contributed by atoms with E-state index < -0.39 is 24.3 Å². The summed E-state index contributed by atoms with van der Waals surface area (Å²) in [7, 11) is 0. The molecule has 7 heteroatoms. The van der Waals surface area contributed by atoms with E-state index in [0.717, 1.165) is 12.8 Å². The molecule has 2 aliphatic heterocycles. The lowest BCUT2D eigenvalue weighted by Crippen LogP contribution is -2.41. The van der Waals surface area contributed by atoms with Gasteiger partial charge in [0.1, 0.15) is 19.3 Å². The maximum atomic E-state index is 11.7. The third kappa shape index (κ3) is 3.35. The maximum Gasteiger partial charge on any atom is 0.508 e. The Morgan fingerprint density at radius 3 is 2.94 bits per heavy atom. The Hall–Kier alpha value is -1.79. The van der Waals surface area contributed by atoms with Crippen molar-refractivity contribution in [1.29, 1.82) is 0 Å². The number of nitrogens with one attached hydrogen (secondary N) is 1. The molecule has 0 aliphatic carbocycles. The van der Waals surface area contributed by atoms with E-state index in [-0.39, 0.29) is 19.1 Å². The molecule has 2 heterocycles. The molecule has 2 rings (SSSR count). The first-order valence-electron chi connectivity index (χ1n) is 5.94. The highest BCUT2D eigenvalue weighted by atomic mass is 16.8. The first-order valence-corrected chi connectivity index (χ1v) is 5.94. The highest BCUT2D eigenvalue weighted by Gasteiger charge is 2.29. The van der Waals surface area contributed by atoms with Gasteiger partial charge in [-0.05, 0) is 12.8 Å². The second kappa shape index (κ2) is 5.70. The van der Waals surface area contributed by atoms with Crippen molar-refractivity contribution in [2.75, 3.05) is 13.2 Å². The molecule has 1 amide bonds. The number of hydrogen-bond acceptors (Lipinski definition) is 6. The van der Waals surface area contributed by atoms with Crippen LogP contribution in [0.2, 0.25) is 0 Å². The van der Waals surface area contributed by atoms with Gasteiger partial charge >= 0.3 is 12.1 Å². The second-order valence-corrected chi connectivity index (χ2v) is 4.30. The molecule has 0 bridgehead atoms. The molecule has 2 aliphatic rings. The molecule has 0 aromatic carbocycles. The zero-order valence-electron chi connectivity index (χ0n) is 9.85. The molecule has 18 heavy (non-hydrogen) atoms. The van der Waals surface area contributed by atoms with Crippen LogP contribution in [0, 0.1) is 0 Å². The first kappa shape index (κ1) is 12.7. The van der Waals surface area contributed by atoms with Crippen molar-refractivity contribution in [2.24, 2.45) is 0 Å². The minimum atomic E-state index is -0.751. The minimum Gasteiger partial charge on any atom is -0.460 e. The van der Waals surface area contributed by atoms with Crippen LogP contribution in [0.15, 0.2) is 0 Å². The molecule has 0 radical (unpaired) electrons. The molecule has 0 spiro atoms. The van der Waals surface area contributed by atoms with Gasteiger partial charge in [0.2, 0.25) is 5.91 Å². The van der Waals surface area contributed by atoms with Crippen LogP contribution in [0.25, 0.3) is 0 Å². The topological polar surface area (TPSA) is 90.9 Å².